The van der Waals surface area contributed by atoms with Crippen LogP contribution in [0.25, 0.3) is 11.0 Å². The summed E-state index contributed by atoms with van der Waals surface area (Å²) in [5, 5.41) is 3.42. The predicted molar refractivity (Wildman–Crippen MR) is 103 cm³/mol. The molecule has 138 valence electrons. The SMILES string of the molecule is Cc1cc(C)c2c(N3CCCC3)nc(C(=O)Nc3ccccc3F)nc2n1. The van der Waals surface area contributed by atoms with E-state index in [4.69, 9.17) is 0 Å². The zero-order chi connectivity index (χ0) is 19.0. The summed E-state index contributed by atoms with van der Waals surface area (Å²) in [5.74, 6) is -0.342. The Kier molecular flexibility index (Phi) is 4.43. The molecule has 1 fully saturated rings. The van der Waals surface area contributed by atoms with E-state index >= 15 is 0 Å². The first-order chi connectivity index (χ1) is 13.0. The lowest BCUT2D eigenvalue weighted by Crippen LogP contribution is -2.23. The molecule has 2 aromatic heterocycles. The van der Waals surface area contributed by atoms with Crippen molar-refractivity contribution in [3.8, 4) is 0 Å². The van der Waals surface area contributed by atoms with Crippen molar-refractivity contribution in [3.63, 3.8) is 0 Å². The van der Waals surface area contributed by atoms with Gasteiger partial charge in [0.1, 0.15) is 11.6 Å². The molecule has 1 aromatic carbocycles. The van der Waals surface area contributed by atoms with E-state index in [1.54, 1.807) is 12.1 Å². The molecule has 0 spiro atoms. The van der Waals surface area contributed by atoms with E-state index in [9.17, 15) is 9.18 Å². The normalized spacial score (nSPS) is 14.0. The van der Waals surface area contributed by atoms with Crippen molar-refractivity contribution >= 4 is 28.4 Å². The van der Waals surface area contributed by atoms with Crippen molar-refractivity contribution < 1.29 is 9.18 Å². The maximum Gasteiger partial charge on any atom is 0.293 e. The van der Waals surface area contributed by atoms with Crippen LogP contribution in [0.3, 0.4) is 0 Å². The molecule has 1 aliphatic rings. The highest BCUT2D eigenvalue weighted by Gasteiger charge is 2.23. The lowest BCUT2D eigenvalue weighted by molar-refractivity contribution is 0.101. The average Bonchev–Trinajstić information content (AvgIpc) is 3.17. The maximum atomic E-state index is 13.9. The van der Waals surface area contributed by atoms with E-state index < -0.39 is 11.7 Å². The van der Waals surface area contributed by atoms with Gasteiger partial charge >= 0.3 is 0 Å². The summed E-state index contributed by atoms with van der Waals surface area (Å²) in [5.41, 5.74) is 2.44. The number of fused-ring (bicyclic) bond motifs is 1. The summed E-state index contributed by atoms with van der Waals surface area (Å²) in [6, 6.07) is 8.01. The van der Waals surface area contributed by atoms with Crippen LogP contribution in [0.15, 0.2) is 30.3 Å². The molecule has 4 rings (SSSR count). The molecule has 6 nitrogen and oxygen atoms in total. The second-order valence-corrected chi connectivity index (χ2v) is 6.78. The molecule has 0 saturated carbocycles. The molecule has 3 aromatic rings. The summed E-state index contributed by atoms with van der Waals surface area (Å²) < 4.78 is 13.9. The van der Waals surface area contributed by atoms with Gasteiger partial charge in [0, 0.05) is 18.8 Å². The van der Waals surface area contributed by atoms with Gasteiger partial charge in [0.25, 0.3) is 5.91 Å². The molecule has 1 aliphatic heterocycles. The highest BCUT2D eigenvalue weighted by molar-refractivity contribution is 6.04. The zero-order valence-corrected chi connectivity index (χ0v) is 15.3. The van der Waals surface area contributed by atoms with Crippen LogP contribution in [0.4, 0.5) is 15.9 Å². The minimum atomic E-state index is -0.552. The Morgan fingerprint density at radius 3 is 2.59 bits per heavy atom. The first-order valence-electron chi connectivity index (χ1n) is 9.00. The Bertz CT molecular complexity index is 1030. The molecule has 0 radical (unpaired) electrons. The van der Waals surface area contributed by atoms with Crippen molar-refractivity contribution in [2.24, 2.45) is 0 Å². The monoisotopic (exact) mass is 365 g/mol. The third kappa shape index (κ3) is 3.32. The zero-order valence-electron chi connectivity index (χ0n) is 15.3. The molecule has 0 bridgehead atoms. The van der Waals surface area contributed by atoms with Crippen LogP contribution in [0, 0.1) is 19.7 Å². The Labute approximate surface area is 156 Å². The quantitative estimate of drug-likeness (QED) is 0.767. The molecule has 0 atom stereocenters. The largest absolute Gasteiger partial charge is 0.356 e. The number of hydrogen-bond donors (Lipinski definition) is 1. The average molecular weight is 365 g/mol. The van der Waals surface area contributed by atoms with Gasteiger partial charge in [-0.05, 0) is 50.5 Å². The van der Waals surface area contributed by atoms with Crippen LogP contribution in [0.1, 0.15) is 34.7 Å². The van der Waals surface area contributed by atoms with Crippen LogP contribution in [-0.4, -0.2) is 33.9 Å². The Balaban J connectivity index is 1.81. The van der Waals surface area contributed by atoms with Gasteiger partial charge in [-0.3, -0.25) is 4.79 Å². The molecule has 1 amide bonds. The topological polar surface area (TPSA) is 71.0 Å². The standard InChI is InChI=1S/C20H20FN5O/c1-12-11-13(2)22-17-16(12)19(26-9-5-6-10-26)25-18(24-17)20(27)23-15-8-4-3-7-14(15)21/h3-4,7-8,11H,5-6,9-10H2,1-2H3,(H,23,27). The number of aryl methyl sites for hydroxylation is 2. The highest BCUT2D eigenvalue weighted by Crippen LogP contribution is 2.29. The summed E-state index contributed by atoms with van der Waals surface area (Å²) in [6.45, 7) is 5.66. The number of halogens is 1. The number of aromatic nitrogens is 3. The number of carbonyl (C=O) groups is 1. The van der Waals surface area contributed by atoms with Gasteiger partial charge < -0.3 is 10.2 Å². The molecule has 7 heteroatoms. The molecule has 0 unspecified atom stereocenters. The number of para-hydroxylation sites is 1. The number of rotatable bonds is 3. The molecule has 0 aliphatic carbocycles. The third-order valence-electron chi connectivity index (χ3n) is 4.70. The van der Waals surface area contributed by atoms with E-state index in [1.165, 1.54) is 12.1 Å². The van der Waals surface area contributed by atoms with Crippen molar-refractivity contribution in [2.45, 2.75) is 26.7 Å². The lowest BCUT2D eigenvalue weighted by Gasteiger charge is -2.20. The van der Waals surface area contributed by atoms with Gasteiger partial charge in [0.15, 0.2) is 5.65 Å². The number of benzene rings is 1. The van der Waals surface area contributed by atoms with Gasteiger partial charge in [0.05, 0.1) is 11.1 Å². The number of hydrogen-bond acceptors (Lipinski definition) is 5. The van der Waals surface area contributed by atoms with Crippen LogP contribution >= 0.6 is 0 Å². The number of pyridine rings is 1. The third-order valence-corrected chi connectivity index (χ3v) is 4.70. The van der Waals surface area contributed by atoms with Gasteiger partial charge in [-0.1, -0.05) is 12.1 Å². The Morgan fingerprint density at radius 2 is 1.85 bits per heavy atom. The number of nitrogens with one attached hydrogen (secondary N) is 1. The van der Waals surface area contributed by atoms with E-state index in [1.807, 2.05) is 19.9 Å². The Hall–Kier alpha value is -3.09. The van der Waals surface area contributed by atoms with E-state index in [0.29, 0.717) is 5.65 Å². The minimum Gasteiger partial charge on any atom is -0.356 e. The van der Waals surface area contributed by atoms with Gasteiger partial charge in [0.2, 0.25) is 5.82 Å². The van der Waals surface area contributed by atoms with E-state index in [2.05, 4.69) is 25.2 Å². The van der Waals surface area contributed by atoms with Crippen LogP contribution in [0.5, 0.6) is 0 Å². The number of nitrogens with zero attached hydrogens (tertiary/aromatic N) is 4. The van der Waals surface area contributed by atoms with Crippen molar-refractivity contribution in [1.82, 2.24) is 15.0 Å². The smallest absolute Gasteiger partial charge is 0.293 e. The summed E-state index contributed by atoms with van der Waals surface area (Å²) in [4.78, 5) is 28.3. The molecule has 1 N–H and O–H groups in total. The lowest BCUT2D eigenvalue weighted by atomic mass is 10.1. The Morgan fingerprint density at radius 1 is 1.11 bits per heavy atom. The first-order valence-corrected chi connectivity index (χ1v) is 9.00. The van der Waals surface area contributed by atoms with Crippen molar-refractivity contribution in [1.29, 1.82) is 0 Å². The second-order valence-electron chi connectivity index (χ2n) is 6.78. The maximum absolute atomic E-state index is 13.9. The molecule has 3 heterocycles. The van der Waals surface area contributed by atoms with Gasteiger partial charge in [-0.25, -0.2) is 19.3 Å². The first kappa shape index (κ1) is 17.3. The highest BCUT2D eigenvalue weighted by atomic mass is 19.1. The molecular formula is C20H20FN5O. The summed E-state index contributed by atoms with van der Waals surface area (Å²) in [6.07, 6.45) is 2.17. The fourth-order valence-electron chi connectivity index (χ4n) is 3.46. The predicted octanol–water partition coefficient (Wildman–Crippen LogP) is 3.63. The fourth-order valence-corrected chi connectivity index (χ4v) is 3.46. The fraction of sp³-hybridized carbons (Fsp3) is 0.300. The minimum absolute atomic E-state index is 0.00912. The summed E-state index contributed by atoms with van der Waals surface area (Å²) in [7, 11) is 0. The number of carbonyl (C=O) groups excluding carboxylic acids is 1. The molecule has 27 heavy (non-hydrogen) atoms. The van der Waals surface area contributed by atoms with Crippen LogP contribution in [0.2, 0.25) is 0 Å². The van der Waals surface area contributed by atoms with E-state index in [-0.39, 0.29) is 11.5 Å². The van der Waals surface area contributed by atoms with Gasteiger partial charge in [-0.15, -0.1) is 0 Å². The van der Waals surface area contributed by atoms with Crippen molar-refractivity contribution in [2.75, 3.05) is 23.3 Å². The second kappa shape index (κ2) is 6.90. The molecular weight excluding hydrogens is 345 g/mol. The van der Waals surface area contributed by atoms with Crippen LogP contribution in [-0.2, 0) is 0 Å². The number of anilines is 2. The number of amides is 1. The molecule has 1 saturated heterocycles. The van der Waals surface area contributed by atoms with Crippen molar-refractivity contribution in [3.05, 3.63) is 53.2 Å². The van der Waals surface area contributed by atoms with Gasteiger partial charge in [-0.2, -0.15) is 0 Å². The summed E-state index contributed by atoms with van der Waals surface area (Å²) >= 11 is 0. The van der Waals surface area contributed by atoms with Crippen LogP contribution < -0.4 is 10.2 Å². The van der Waals surface area contributed by atoms with E-state index in [0.717, 1.165) is 48.4 Å².